The number of hydrogen-bond acceptors (Lipinski definition) is 4. The molecule has 10 heavy (non-hydrogen) atoms. The maximum Gasteiger partial charge on any atom is 0.196 e. The number of unbranched alkanes of at least 4 members (excludes halogenated alkanes) is 2. The lowest BCUT2D eigenvalue weighted by atomic mass is 10.2. The minimum atomic E-state index is -0.438. The molecule has 0 aromatic rings. The maximum atomic E-state index is 4.86. The first-order chi connectivity index (χ1) is 4.85. The lowest BCUT2D eigenvalue weighted by molar-refractivity contribution is -0.152. The molecule has 0 saturated heterocycles. The Morgan fingerprint density at radius 3 is 2.20 bits per heavy atom. The van der Waals surface area contributed by atoms with Crippen LogP contribution in [0.2, 0.25) is 0 Å². The molecule has 62 valence electrons. The summed E-state index contributed by atoms with van der Waals surface area (Å²) in [4.78, 5) is 8.80. The van der Waals surface area contributed by atoms with Crippen LogP contribution in [-0.4, -0.2) is 6.29 Å². The topological polar surface area (TPSA) is 70.5 Å². The third-order valence-corrected chi connectivity index (χ3v) is 1.35. The van der Waals surface area contributed by atoms with Crippen molar-refractivity contribution < 1.29 is 9.68 Å². The second kappa shape index (κ2) is 6.95. The van der Waals surface area contributed by atoms with Crippen LogP contribution in [0, 0.1) is 0 Å². The molecular weight excluding hydrogens is 132 g/mol. The van der Waals surface area contributed by atoms with Crippen LogP contribution in [0.5, 0.6) is 0 Å². The van der Waals surface area contributed by atoms with E-state index in [1.54, 1.807) is 0 Å². The van der Waals surface area contributed by atoms with Crippen molar-refractivity contribution in [1.82, 2.24) is 0 Å². The Morgan fingerprint density at radius 1 is 1.20 bits per heavy atom. The quantitative estimate of drug-likeness (QED) is 0.330. The third kappa shape index (κ3) is 4.69. The summed E-state index contributed by atoms with van der Waals surface area (Å²) in [5.74, 6) is 9.72. The monoisotopic (exact) mass is 148 g/mol. The Balaban J connectivity index is 3.09. The first-order valence-electron chi connectivity index (χ1n) is 3.56. The van der Waals surface area contributed by atoms with Crippen LogP contribution in [0.1, 0.15) is 32.6 Å². The molecule has 0 fully saturated rings. The van der Waals surface area contributed by atoms with Gasteiger partial charge in [-0.2, -0.15) is 0 Å². The highest BCUT2D eigenvalue weighted by Gasteiger charge is 2.04. The van der Waals surface area contributed by atoms with E-state index in [0.29, 0.717) is 0 Å². The zero-order valence-corrected chi connectivity index (χ0v) is 6.38. The van der Waals surface area contributed by atoms with Gasteiger partial charge in [-0.05, 0) is 6.42 Å². The van der Waals surface area contributed by atoms with Gasteiger partial charge in [0.15, 0.2) is 6.29 Å². The SMILES string of the molecule is CCCCCC(ON)ON. The molecule has 0 aromatic carbocycles. The van der Waals surface area contributed by atoms with E-state index in [1.165, 1.54) is 6.42 Å². The molecule has 0 amide bonds. The van der Waals surface area contributed by atoms with Gasteiger partial charge in [0.05, 0.1) is 0 Å². The van der Waals surface area contributed by atoms with Gasteiger partial charge in [-0.1, -0.05) is 19.8 Å². The molecule has 0 atom stereocenters. The van der Waals surface area contributed by atoms with Gasteiger partial charge >= 0.3 is 0 Å². The third-order valence-electron chi connectivity index (χ3n) is 1.35. The summed E-state index contributed by atoms with van der Waals surface area (Å²) < 4.78 is 0. The second-order valence-corrected chi connectivity index (χ2v) is 2.20. The van der Waals surface area contributed by atoms with Crippen molar-refractivity contribution in [1.29, 1.82) is 0 Å². The summed E-state index contributed by atoms with van der Waals surface area (Å²) in [5, 5.41) is 0. The normalized spacial score (nSPS) is 10.8. The van der Waals surface area contributed by atoms with E-state index in [4.69, 9.17) is 11.8 Å². The molecule has 4 heteroatoms. The van der Waals surface area contributed by atoms with Crippen molar-refractivity contribution in [2.75, 3.05) is 0 Å². The van der Waals surface area contributed by atoms with Crippen molar-refractivity contribution >= 4 is 0 Å². The van der Waals surface area contributed by atoms with Crippen LogP contribution < -0.4 is 11.8 Å². The van der Waals surface area contributed by atoms with E-state index in [2.05, 4.69) is 16.6 Å². The van der Waals surface area contributed by atoms with E-state index < -0.39 is 6.29 Å². The highest BCUT2D eigenvalue weighted by atomic mass is 16.8. The fraction of sp³-hybridized carbons (Fsp3) is 1.00. The van der Waals surface area contributed by atoms with Crippen LogP contribution >= 0.6 is 0 Å². The summed E-state index contributed by atoms with van der Waals surface area (Å²) in [6.45, 7) is 2.13. The molecule has 4 nitrogen and oxygen atoms in total. The smallest absolute Gasteiger partial charge is 0.196 e. The van der Waals surface area contributed by atoms with Crippen LogP contribution in [0.4, 0.5) is 0 Å². The van der Waals surface area contributed by atoms with Crippen molar-refractivity contribution in [3.63, 3.8) is 0 Å². The van der Waals surface area contributed by atoms with Gasteiger partial charge < -0.3 is 0 Å². The first kappa shape index (κ1) is 9.84. The van der Waals surface area contributed by atoms with E-state index in [-0.39, 0.29) is 0 Å². The Bertz CT molecular complexity index is 66.8. The van der Waals surface area contributed by atoms with E-state index in [9.17, 15) is 0 Å². The van der Waals surface area contributed by atoms with Crippen LogP contribution in [0.3, 0.4) is 0 Å². The molecule has 0 bridgehead atoms. The van der Waals surface area contributed by atoms with Gasteiger partial charge in [0, 0.05) is 6.42 Å². The average molecular weight is 148 g/mol. The van der Waals surface area contributed by atoms with E-state index in [0.717, 1.165) is 19.3 Å². The lowest BCUT2D eigenvalue weighted by Gasteiger charge is -2.09. The largest absolute Gasteiger partial charge is 0.271 e. The van der Waals surface area contributed by atoms with Gasteiger partial charge in [0.25, 0.3) is 0 Å². The molecule has 0 radical (unpaired) electrons. The molecule has 0 aromatic heterocycles. The molecule has 0 heterocycles. The Kier molecular flexibility index (Phi) is 6.84. The molecule has 4 N–H and O–H groups in total. The number of nitrogens with two attached hydrogens (primary N) is 2. The van der Waals surface area contributed by atoms with E-state index >= 15 is 0 Å². The van der Waals surface area contributed by atoms with Gasteiger partial charge in [-0.3, -0.25) is 9.68 Å². The zero-order valence-electron chi connectivity index (χ0n) is 6.38. The summed E-state index contributed by atoms with van der Waals surface area (Å²) in [5.41, 5.74) is 0. The minimum Gasteiger partial charge on any atom is -0.271 e. The van der Waals surface area contributed by atoms with E-state index in [1.807, 2.05) is 0 Å². The Hall–Kier alpha value is -0.160. The van der Waals surface area contributed by atoms with Gasteiger partial charge in [0.2, 0.25) is 0 Å². The average Bonchev–Trinajstić information content (AvgIpc) is 1.99. The molecule has 0 aliphatic rings. The Labute approximate surface area is 61.4 Å². The second-order valence-electron chi connectivity index (χ2n) is 2.20. The van der Waals surface area contributed by atoms with Crippen LogP contribution in [0.25, 0.3) is 0 Å². The van der Waals surface area contributed by atoms with Crippen molar-refractivity contribution in [2.45, 2.75) is 38.9 Å². The molecule has 0 spiro atoms. The summed E-state index contributed by atoms with van der Waals surface area (Å²) in [6.07, 6.45) is 3.69. The van der Waals surface area contributed by atoms with Crippen molar-refractivity contribution in [3.8, 4) is 0 Å². The fourth-order valence-corrected chi connectivity index (χ4v) is 0.729. The molecule has 0 aliphatic heterocycles. The molecule has 0 unspecified atom stereocenters. The molecule has 0 saturated carbocycles. The summed E-state index contributed by atoms with van der Waals surface area (Å²) >= 11 is 0. The van der Waals surface area contributed by atoms with Gasteiger partial charge in [0.1, 0.15) is 0 Å². The summed E-state index contributed by atoms with van der Waals surface area (Å²) in [6, 6.07) is 0. The number of rotatable bonds is 6. The molecule has 0 aliphatic carbocycles. The molecular formula is C6H16N2O2. The van der Waals surface area contributed by atoms with Gasteiger partial charge in [-0.25, -0.2) is 11.8 Å². The predicted octanol–water partition coefficient (Wildman–Crippen LogP) is 0.673. The number of hydrogen-bond donors (Lipinski definition) is 2. The lowest BCUT2D eigenvalue weighted by Crippen LogP contribution is -2.23. The zero-order chi connectivity index (χ0) is 7.82. The fourth-order valence-electron chi connectivity index (χ4n) is 0.729. The van der Waals surface area contributed by atoms with Crippen LogP contribution in [-0.2, 0) is 9.68 Å². The highest BCUT2D eigenvalue weighted by molar-refractivity contribution is 4.43. The van der Waals surface area contributed by atoms with Crippen LogP contribution in [0.15, 0.2) is 0 Å². The van der Waals surface area contributed by atoms with Crippen molar-refractivity contribution in [3.05, 3.63) is 0 Å². The maximum absolute atomic E-state index is 4.86. The highest BCUT2D eigenvalue weighted by Crippen LogP contribution is 2.04. The first-order valence-corrected chi connectivity index (χ1v) is 3.56. The van der Waals surface area contributed by atoms with Gasteiger partial charge in [-0.15, -0.1) is 0 Å². The predicted molar refractivity (Wildman–Crippen MR) is 38.5 cm³/mol. The van der Waals surface area contributed by atoms with Crippen molar-refractivity contribution in [2.24, 2.45) is 11.8 Å². The summed E-state index contributed by atoms with van der Waals surface area (Å²) in [7, 11) is 0. The Morgan fingerprint density at radius 2 is 1.80 bits per heavy atom. The standard InChI is InChI=1S/C6H16N2O2/c1-2-3-4-5-6(9-7)10-8/h6H,2-5,7-8H2,1H3. The molecule has 0 rings (SSSR count). The minimum absolute atomic E-state index is 0.438.